The zero-order valence-electron chi connectivity index (χ0n) is 17.6. The number of aliphatic carboxylic acids is 1. The number of carboxylic acids is 1. The largest absolute Gasteiger partial charge is 0.550 e. The van der Waals surface area contributed by atoms with Crippen molar-refractivity contribution in [2.24, 2.45) is 46.3 Å². The molecule has 0 aromatic heterocycles. The highest BCUT2D eigenvalue weighted by Gasteiger charge is 2.62. The van der Waals surface area contributed by atoms with Gasteiger partial charge in [0.1, 0.15) is 0 Å². The van der Waals surface area contributed by atoms with Crippen molar-refractivity contribution in [3.05, 3.63) is 0 Å². The van der Waals surface area contributed by atoms with Gasteiger partial charge in [-0.05, 0) is 104 Å². The number of hydrogen-bond acceptors (Lipinski definition) is 3. The van der Waals surface area contributed by atoms with Crippen LogP contribution in [0.15, 0.2) is 0 Å². The molecule has 0 radical (unpaired) electrons. The molecule has 4 aliphatic carbocycles. The summed E-state index contributed by atoms with van der Waals surface area (Å²) in [6, 6.07) is 0. The number of fused-ring (bicyclic) bond motifs is 5. The van der Waals surface area contributed by atoms with E-state index in [1.165, 1.54) is 51.4 Å². The molecule has 0 bridgehead atoms. The maximum atomic E-state index is 11.2. The molecule has 154 valence electrons. The summed E-state index contributed by atoms with van der Waals surface area (Å²) >= 11 is 0. The Labute approximate surface area is 165 Å². The first-order valence-corrected chi connectivity index (χ1v) is 11.7. The number of hydrogen-bond donors (Lipinski definition) is 1. The average Bonchev–Trinajstić information content (AvgIpc) is 2.97. The van der Waals surface area contributed by atoms with E-state index >= 15 is 0 Å². The molecule has 0 heterocycles. The summed E-state index contributed by atoms with van der Waals surface area (Å²) in [5.74, 6) is 2.65. The highest BCUT2D eigenvalue weighted by atomic mass is 16.4. The van der Waals surface area contributed by atoms with Crippen molar-refractivity contribution in [1.82, 2.24) is 0 Å². The van der Waals surface area contributed by atoms with Crippen LogP contribution in [0, 0.1) is 46.3 Å². The third kappa shape index (κ3) is 3.07. The van der Waals surface area contributed by atoms with Gasteiger partial charge in [-0.1, -0.05) is 33.6 Å². The third-order valence-corrected chi connectivity index (χ3v) is 10.2. The van der Waals surface area contributed by atoms with Crippen molar-refractivity contribution in [2.45, 2.75) is 97.5 Å². The van der Waals surface area contributed by atoms with Crippen LogP contribution in [0.25, 0.3) is 0 Å². The van der Waals surface area contributed by atoms with Gasteiger partial charge in [-0.3, -0.25) is 0 Å². The maximum absolute atomic E-state index is 11.2. The van der Waals surface area contributed by atoms with Crippen molar-refractivity contribution in [3.63, 3.8) is 0 Å². The Morgan fingerprint density at radius 2 is 1.81 bits per heavy atom. The zero-order valence-corrected chi connectivity index (χ0v) is 17.6. The van der Waals surface area contributed by atoms with Gasteiger partial charge in [0.05, 0.1) is 6.10 Å². The fourth-order valence-corrected chi connectivity index (χ4v) is 8.78. The second-order valence-electron chi connectivity index (χ2n) is 11.2. The number of carbonyl (C=O) groups is 1. The summed E-state index contributed by atoms with van der Waals surface area (Å²) < 4.78 is 0. The Hall–Kier alpha value is -0.570. The van der Waals surface area contributed by atoms with Gasteiger partial charge in [0, 0.05) is 5.97 Å². The molecule has 4 fully saturated rings. The van der Waals surface area contributed by atoms with E-state index in [0.29, 0.717) is 35.0 Å². The van der Waals surface area contributed by atoms with Crippen LogP contribution in [0.1, 0.15) is 91.4 Å². The molecule has 9 atom stereocenters. The molecule has 0 spiro atoms. The van der Waals surface area contributed by atoms with Gasteiger partial charge in [-0.15, -0.1) is 0 Å². The van der Waals surface area contributed by atoms with Crippen LogP contribution in [0.3, 0.4) is 0 Å². The third-order valence-electron chi connectivity index (χ3n) is 10.2. The number of carbonyl (C=O) groups excluding carboxylic acids is 1. The number of carboxylic acid groups (broad SMARTS) is 1. The molecule has 0 aromatic rings. The second-order valence-corrected chi connectivity index (χ2v) is 11.2. The SMILES string of the molecule is C[C@@H](CCC(=O)[O-])[C@H]1CC[C@H]2[C@H]3[C@H](O)C[C@@H]4CCCC[C@]4(C)[C@H]3CC[C@]12C. The van der Waals surface area contributed by atoms with Crippen molar-refractivity contribution in [1.29, 1.82) is 0 Å². The quantitative estimate of drug-likeness (QED) is 0.802. The minimum atomic E-state index is -0.913. The van der Waals surface area contributed by atoms with E-state index in [2.05, 4.69) is 20.8 Å². The highest BCUT2D eigenvalue weighted by Crippen LogP contribution is 2.68. The summed E-state index contributed by atoms with van der Waals surface area (Å²) in [5, 5.41) is 22.2. The van der Waals surface area contributed by atoms with Crippen LogP contribution < -0.4 is 5.11 Å². The smallest absolute Gasteiger partial charge is 0.0577 e. The van der Waals surface area contributed by atoms with Crippen molar-refractivity contribution in [2.75, 3.05) is 0 Å². The molecule has 0 aliphatic heterocycles. The Morgan fingerprint density at radius 1 is 1.07 bits per heavy atom. The Balaban J connectivity index is 1.56. The van der Waals surface area contributed by atoms with Crippen molar-refractivity contribution < 1.29 is 15.0 Å². The van der Waals surface area contributed by atoms with E-state index in [4.69, 9.17) is 0 Å². The van der Waals surface area contributed by atoms with Crippen LogP contribution >= 0.6 is 0 Å². The van der Waals surface area contributed by atoms with Gasteiger partial charge >= 0.3 is 0 Å². The summed E-state index contributed by atoms with van der Waals surface area (Å²) in [5.41, 5.74) is 0.730. The minimum absolute atomic E-state index is 0.118. The predicted octanol–water partition coefficient (Wildman–Crippen LogP) is 4.17. The minimum Gasteiger partial charge on any atom is -0.550 e. The standard InChI is InChI=1S/C24H40O3/c1-15(7-10-21(26)27)17-8-9-18-22-19(11-13-24(17,18)3)23(2)12-5-4-6-16(23)14-20(22)25/h15-20,22,25H,4-14H2,1-3H3,(H,26,27)/p-1/t15-,16-,17+,18-,19-,20+,22+,23-,24+/m0/s1. The molecule has 1 N–H and O–H groups in total. The maximum Gasteiger partial charge on any atom is 0.0577 e. The van der Waals surface area contributed by atoms with Crippen molar-refractivity contribution in [3.8, 4) is 0 Å². The number of aliphatic hydroxyl groups excluding tert-OH is 1. The zero-order chi connectivity index (χ0) is 19.4. The molecule has 4 saturated carbocycles. The van der Waals surface area contributed by atoms with Crippen LogP contribution in [-0.4, -0.2) is 17.2 Å². The molecule has 0 aromatic carbocycles. The van der Waals surface area contributed by atoms with Gasteiger partial charge in [-0.2, -0.15) is 0 Å². The normalized spacial score (nSPS) is 50.4. The van der Waals surface area contributed by atoms with Gasteiger partial charge in [0.2, 0.25) is 0 Å². The van der Waals surface area contributed by atoms with E-state index < -0.39 is 5.97 Å². The van der Waals surface area contributed by atoms with Crippen molar-refractivity contribution >= 4 is 5.97 Å². The molecular weight excluding hydrogens is 336 g/mol. The Bertz CT molecular complexity index is 574. The summed E-state index contributed by atoms with van der Waals surface area (Å²) in [7, 11) is 0. The molecule has 0 saturated heterocycles. The molecule has 3 nitrogen and oxygen atoms in total. The first-order chi connectivity index (χ1) is 12.8. The van der Waals surface area contributed by atoms with Gasteiger partial charge in [-0.25, -0.2) is 0 Å². The molecule has 0 unspecified atom stereocenters. The molecule has 0 amide bonds. The van der Waals surface area contributed by atoms with E-state index in [1.807, 2.05) is 0 Å². The van der Waals surface area contributed by atoms with Crippen LogP contribution in [0.4, 0.5) is 0 Å². The fraction of sp³-hybridized carbons (Fsp3) is 0.958. The average molecular weight is 376 g/mol. The van der Waals surface area contributed by atoms with Crippen LogP contribution in [0.5, 0.6) is 0 Å². The molecular formula is C24H39O3-. The number of rotatable bonds is 4. The first kappa shape index (κ1) is 19.7. The van der Waals surface area contributed by atoms with E-state index in [1.54, 1.807) is 0 Å². The Kier molecular flexibility index (Phi) is 5.15. The summed E-state index contributed by atoms with van der Waals surface area (Å²) in [4.78, 5) is 10.9. The lowest BCUT2D eigenvalue weighted by atomic mass is 9.44. The van der Waals surface area contributed by atoms with Gasteiger partial charge < -0.3 is 15.0 Å². The van der Waals surface area contributed by atoms with Gasteiger partial charge in [0.15, 0.2) is 0 Å². The highest BCUT2D eigenvalue weighted by molar-refractivity contribution is 5.64. The van der Waals surface area contributed by atoms with Crippen LogP contribution in [-0.2, 0) is 4.79 Å². The fourth-order valence-electron chi connectivity index (χ4n) is 8.78. The Morgan fingerprint density at radius 3 is 2.56 bits per heavy atom. The van der Waals surface area contributed by atoms with Gasteiger partial charge in [0.25, 0.3) is 0 Å². The first-order valence-electron chi connectivity index (χ1n) is 11.7. The molecule has 4 aliphatic rings. The lowest BCUT2D eigenvalue weighted by molar-refractivity contribution is -0.306. The lowest BCUT2D eigenvalue weighted by Crippen LogP contribution is -2.57. The van der Waals surface area contributed by atoms with Crippen LogP contribution in [0.2, 0.25) is 0 Å². The monoisotopic (exact) mass is 375 g/mol. The number of aliphatic hydroxyl groups is 1. The molecule has 3 heteroatoms. The summed E-state index contributed by atoms with van der Waals surface area (Å²) in [6.45, 7) is 7.28. The van der Waals surface area contributed by atoms with E-state index in [-0.39, 0.29) is 17.9 Å². The lowest BCUT2D eigenvalue weighted by Gasteiger charge is -2.62. The second kappa shape index (κ2) is 7.04. The van der Waals surface area contributed by atoms with E-state index in [9.17, 15) is 15.0 Å². The molecule has 27 heavy (non-hydrogen) atoms. The predicted molar refractivity (Wildman–Crippen MR) is 105 cm³/mol. The van der Waals surface area contributed by atoms with E-state index in [0.717, 1.165) is 18.8 Å². The topological polar surface area (TPSA) is 60.4 Å². The molecule has 4 rings (SSSR count). The summed E-state index contributed by atoms with van der Waals surface area (Å²) in [6.07, 6.45) is 12.2.